The molecular weight excluding hydrogens is 400 g/mol. The molecule has 0 spiro atoms. The maximum atomic E-state index is 12.7. The topological polar surface area (TPSA) is 84.5 Å². The third kappa shape index (κ3) is 5.61. The molecule has 2 N–H and O–H groups in total. The highest BCUT2D eigenvalue weighted by molar-refractivity contribution is 7.89. The summed E-state index contributed by atoms with van der Waals surface area (Å²) in [5, 5.41) is 2.91. The summed E-state index contributed by atoms with van der Waals surface area (Å²) in [6.45, 7) is 13.7. The lowest BCUT2D eigenvalue weighted by atomic mass is 9.96. The second-order valence-electron chi connectivity index (χ2n) is 7.73. The number of carbonyl (C=O) groups excluding carboxylic acids is 1. The second-order valence-corrected chi connectivity index (χ2v) is 9.44. The van der Waals surface area contributed by atoms with Gasteiger partial charge in [-0.15, -0.1) is 0 Å². The first kappa shape index (κ1) is 23.9. The molecule has 30 heavy (non-hydrogen) atoms. The van der Waals surface area contributed by atoms with E-state index in [1.54, 1.807) is 19.1 Å². The zero-order chi connectivity index (χ0) is 22.6. The van der Waals surface area contributed by atoms with Crippen LogP contribution in [0.25, 0.3) is 0 Å². The third-order valence-corrected chi connectivity index (χ3v) is 6.73. The van der Waals surface area contributed by atoms with Crippen molar-refractivity contribution in [3.63, 3.8) is 0 Å². The smallest absolute Gasteiger partial charge is 0.241 e. The Morgan fingerprint density at radius 1 is 0.967 bits per heavy atom. The van der Waals surface area contributed by atoms with Crippen molar-refractivity contribution in [1.82, 2.24) is 10.0 Å². The average molecular weight is 433 g/mol. The van der Waals surface area contributed by atoms with Gasteiger partial charge in [-0.3, -0.25) is 4.79 Å². The van der Waals surface area contributed by atoms with Crippen molar-refractivity contribution < 1.29 is 17.9 Å². The minimum atomic E-state index is -3.85. The zero-order valence-corrected chi connectivity index (χ0v) is 19.6. The monoisotopic (exact) mass is 432 g/mol. The van der Waals surface area contributed by atoms with Crippen LogP contribution in [-0.4, -0.2) is 27.0 Å². The van der Waals surface area contributed by atoms with Gasteiger partial charge in [-0.05, 0) is 94.5 Å². The standard InChI is InChI=1S/C23H32N2O4S/c1-8-29-22-10-9-20(12-17(22)5)30(27,28)25-19(7)23(26)24-18(6)21-13-15(3)14(2)11-16(21)4/h9-13,18-19,25H,8H2,1-7H3,(H,24,26)/t18-,19+/m0/s1. The SMILES string of the molecule is CCOc1ccc(S(=O)(=O)N[C@H](C)C(=O)N[C@@H](C)c2cc(C)c(C)cc2C)cc1C. The molecule has 0 aliphatic carbocycles. The van der Waals surface area contributed by atoms with Gasteiger partial charge in [0.25, 0.3) is 0 Å². The molecule has 2 rings (SSSR count). The van der Waals surface area contributed by atoms with Crippen LogP contribution in [0.5, 0.6) is 5.75 Å². The van der Waals surface area contributed by atoms with Gasteiger partial charge < -0.3 is 10.1 Å². The number of rotatable bonds is 8. The van der Waals surface area contributed by atoms with E-state index in [0.29, 0.717) is 12.4 Å². The van der Waals surface area contributed by atoms with Crippen LogP contribution in [0, 0.1) is 27.7 Å². The fourth-order valence-corrected chi connectivity index (χ4v) is 4.61. The van der Waals surface area contributed by atoms with Crippen LogP contribution < -0.4 is 14.8 Å². The molecular formula is C23H32N2O4S. The first-order valence-corrected chi connectivity index (χ1v) is 11.6. The summed E-state index contributed by atoms with van der Waals surface area (Å²) in [6.07, 6.45) is 0. The van der Waals surface area contributed by atoms with Crippen LogP contribution in [0.3, 0.4) is 0 Å². The molecule has 0 saturated heterocycles. The summed E-state index contributed by atoms with van der Waals surface area (Å²) in [6, 6.07) is 7.64. The van der Waals surface area contributed by atoms with Crippen LogP contribution in [0.15, 0.2) is 35.2 Å². The predicted molar refractivity (Wildman–Crippen MR) is 119 cm³/mol. The van der Waals surface area contributed by atoms with Crippen LogP contribution in [0.1, 0.15) is 54.6 Å². The average Bonchev–Trinajstić information content (AvgIpc) is 2.65. The van der Waals surface area contributed by atoms with Gasteiger partial charge in [0, 0.05) is 0 Å². The number of amides is 1. The van der Waals surface area contributed by atoms with Crippen molar-refractivity contribution in [2.24, 2.45) is 0 Å². The summed E-state index contributed by atoms with van der Waals surface area (Å²) < 4.78 is 33.4. The van der Waals surface area contributed by atoms with Gasteiger partial charge >= 0.3 is 0 Å². The molecule has 2 aromatic carbocycles. The Bertz CT molecular complexity index is 1030. The van der Waals surface area contributed by atoms with E-state index >= 15 is 0 Å². The van der Waals surface area contributed by atoms with E-state index in [1.165, 1.54) is 18.6 Å². The third-order valence-electron chi connectivity index (χ3n) is 5.19. The molecule has 0 fully saturated rings. The fourth-order valence-electron chi connectivity index (χ4n) is 3.33. The van der Waals surface area contributed by atoms with Crippen LogP contribution in [-0.2, 0) is 14.8 Å². The summed E-state index contributed by atoms with van der Waals surface area (Å²) in [5.41, 5.74) is 5.17. The molecule has 0 aliphatic heterocycles. The maximum Gasteiger partial charge on any atom is 0.241 e. The maximum absolute atomic E-state index is 12.7. The molecule has 0 saturated carbocycles. The van der Waals surface area contributed by atoms with Crippen molar-refractivity contribution in [1.29, 1.82) is 0 Å². The number of sulfonamides is 1. The Hall–Kier alpha value is -2.38. The Morgan fingerprint density at radius 2 is 1.60 bits per heavy atom. The van der Waals surface area contributed by atoms with Crippen molar-refractivity contribution in [3.8, 4) is 5.75 Å². The summed E-state index contributed by atoms with van der Waals surface area (Å²) >= 11 is 0. The highest BCUT2D eigenvalue weighted by Gasteiger charge is 2.24. The summed E-state index contributed by atoms with van der Waals surface area (Å²) in [7, 11) is -3.85. The first-order chi connectivity index (χ1) is 14.0. The Balaban J connectivity index is 2.11. The molecule has 0 bridgehead atoms. The number of ether oxygens (including phenoxy) is 1. The lowest BCUT2D eigenvalue weighted by Gasteiger charge is -2.21. The molecule has 7 heteroatoms. The van der Waals surface area contributed by atoms with E-state index in [4.69, 9.17) is 4.74 Å². The molecule has 6 nitrogen and oxygen atoms in total. The molecule has 2 aromatic rings. The molecule has 0 heterocycles. The lowest BCUT2D eigenvalue weighted by molar-refractivity contribution is -0.123. The van der Waals surface area contributed by atoms with Crippen LogP contribution in [0.4, 0.5) is 0 Å². The normalized spacial score (nSPS) is 13.6. The molecule has 1 amide bonds. The zero-order valence-electron chi connectivity index (χ0n) is 18.8. The first-order valence-electron chi connectivity index (χ1n) is 10.1. The summed E-state index contributed by atoms with van der Waals surface area (Å²) in [4.78, 5) is 12.7. The van der Waals surface area contributed by atoms with Gasteiger partial charge in [0.1, 0.15) is 5.75 Å². The second kappa shape index (κ2) is 9.62. The highest BCUT2D eigenvalue weighted by atomic mass is 32.2. The Kier molecular flexibility index (Phi) is 7.66. The van der Waals surface area contributed by atoms with Gasteiger partial charge in [-0.2, -0.15) is 4.72 Å². The Morgan fingerprint density at radius 3 is 2.20 bits per heavy atom. The minimum Gasteiger partial charge on any atom is -0.494 e. The Labute approximate surface area is 180 Å². The van der Waals surface area contributed by atoms with Crippen LogP contribution >= 0.6 is 0 Å². The van der Waals surface area contributed by atoms with Crippen molar-refractivity contribution >= 4 is 15.9 Å². The van der Waals surface area contributed by atoms with Gasteiger partial charge in [-0.25, -0.2) is 8.42 Å². The summed E-state index contributed by atoms with van der Waals surface area (Å²) in [5.74, 6) is 0.256. The molecule has 2 atom stereocenters. The van der Waals surface area contributed by atoms with E-state index < -0.39 is 16.1 Å². The fraction of sp³-hybridized carbons (Fsp3) is 0.435. The van der Waals surface area contributed by atoms with Gasteiger partial charge in [0.2, 0.25) is 15.9 Å². The number of nitrogens with one attached hydrogen (secondary N) is 2. The largest absolute Gasteiger partial charge is 0.494 e. The van der Waals surface area contributed by atoms with Gasteiger partial charge in [0.15, 0.2) is 0 Å². The predicted octanol–water partition coefficient (Wildman–Crippen LogP) is 3.86. The number of benzene rings is 2. The molecule has 164 valence electrons. The minimum absolute atomic E-state index is 0.0983. The molecule has 0 aromatic heterocycles. The highest BCUT2D eigenvalue weighted by Crippen LogP contribution is 2.23. The number of aryl methyl sites for hydroxylation is 4. The van der Waals surface area contributed by atoms with Gasteiger partial charge in [0.05, 0.1) is 23.6 Å². The van der Waals surface area contributed by atoms with E-state index in [1.807, 2.05) is 27.7 Å². The number of carbonyl (C=O) groups is 1. The van der Waals surface area contributed by atoms with Crippen molar-refractivity contribution in [3.05, 3.63) is 58.1 Å². The van der Waals surface area contributed by atoms with Crippen molar-refractivity contribution in [2.45, 2.75) is 65.4 Å². The molecule has 0 radical (unpaired) electrons. The number of hydrogen-bond donors (Lipinski definition) is 2. The van der Waals surface area contributed by atoms with Crippen molar-refractivity contribution in [2.75, 3.05) is 6.61 Å². The van der Waals surface area contributed by atoms with Crippen LogP contribution in [0.2, 0.25) is 0 Å². The van der Waals surface area contributed by atoms with E-state index in [0.717, 1.165) is 22.3 Å². The van der Waals surface area contributed by atoms with Gasteiger partial charge in [-0.1, -0.05) is 12.1 Å². The number of hydrogen-bond acceptors (Lipinski definition) is 4. The lowest BCUT2D eigenvalue weighted by Crippen LogP contribution is -2.45. The molecule has 0 aliphatic rings. The van der Waals surface area contributed by atoms with E-state index in [-0.39, 0.29) is 16.8 Å². The van der Waals surface area contributed by atoms with E-state index in [2.05, 4.69) is 29.1 Å². The quantitative estimate of drug-likeness (QED) is 0.663. The molecule has 0 unspecified atom stereocenters. The van der Waals surface area contributed by atoms with E-state index in [9.17, 15) is 13.2 Å².